The Bertz CT molecular complexity index is 141. The van der Waals surface area contributed by atoms with Crippen molar-refractivity contribution in [2.45, 2.75) is 25.0 Å². The monoisotopic (exact) mass is 140 g/mol. The van der Waals surface area contributed by atoms with Crippen LogP contribution in [0.5, 0.6) is 0 Å². The lowest BCUT2D eigenvalue weighted by Crippen LogP contribution is -2.39. The molecule has 0 bridgehead atoms. The summed E-state index contributed by atoms with van der Waals surface area (Å²) < 4.78 is 5.13. The molecule has 56 valence electrons. The molecule has 0 aliphatic carbocycles. The van der Waals surface area contributed by atoms with Gasteiger partial charge in [-0.2, -0.15) is 5.26 Å². The number of nitriles is 1. The van der Waals surface area contributed by atoms with E-state index >= 15 is 0 Å². The second-order valence-electron chi connectivity index (χ2n) is 2.52. The quantitative estimate of drug-likeness (QED) is 0.569. The van der Waals surface area contributed by atoms with Crippen LogP contribution in [-0.2, 0) is 4.74 Å². The fraction of sp³-hybridized carbons (Fsp3) is 0.857. The van der Waals surface area contributed by atoms with E-state index in [2.05, 4.69) is 11.4 Å². The molecule has 1 fully saturated rings. The Morgan fingerprint density at radius 3 is 3.10 bits per heavy atom. The first-order valence-corrected chi connectivity index (χ1v) is 3.52. The number of nitrogens with zero attached hydrogens (tertiary/aromatic N) is 1. The van der Waals surface area contributed by atoms with Crippen LogP contribution in [0.25, 0.3) is 0 Å². The molecule has 1 N–H and O–H groups in total. The third-order valence-corrected chi connectivity index (χ3v) is 1.84. The smallest absolute Gasteiger partial charge is 0.0977 e. The standard InChI is InChI=1S/C7H12N2O/c1-10-7-2-3-9-6(4-7)5-8/h6-7,9H,2-4H2,1H3. The molecule has 1 rings (SSSR count). The highest BCUT2D eigenvalue weighted by molar-refractivity contribution is 4.94. The highest BCUT2D eigenvalue weighted by Crippen LogP contribution is 2.10. The van der Waals surface area contributed by atoms with Crippen molar-refractivity contribution >= 4 is 0 Å². The molecule has 0 aromatic rings. The molecule has 2 unspecified atom stereocenters. The first-order valence-electron chi connectivity index (χ1n) is 3.52. The van der Waals surface area contributed by atoms with E-state index in [-0.39, 0.29) is 12.1 Å². The molecule has 0 radical (unpaired) electrons. The van der Waals surface area contributed by atoms with Crippen LogP contribution in [-0.4, -0.2) is 25.8 Å². The Kier molecular flexibility index (Phi) is 2.67. The lowest BCUT2D eigenvalue weighted by Gasteiger charge is -2.24. The largest absolute Gasteiger partial charge is 0.381 e. The summed E-state index contributed by atoms with van der Waals surface area (Å²) in [6, 6.07) is 2.18. The van der Waals surface area contributed by atoms with Crippen LogP contribution in [0.2, 0.25) is 0 Å². The highest BCUT2D eigenvalue weighted by atomic mass is 16.5. The van der Waals surface area contributed by atoms with Crippen molar-refractivity contribution in [2.75, 3.05) is 13.7 Å². The number of ether oxygens (including phenoxy) is 1. The van der Waals surface area contributed by atoms with Gasteiger partial charge in [0.05, 0.1) is 18.2 Å². The number of rotatable bonds is 1. The molecule has 1 aliphatic heterocycles. The Morgan fingerprint density at radius 1 is 1.70 bits per heavy atom. The van der Waals surface area contributed by atoms with Crippen LogP contribution in [0.15, 0.2) is 0 Å². The molecule has 3 nitrogen and oxygen atoms in total. The molecule has 0 spiro atoms. The number of methoxy groups -OCH3 is 1. The average Bonchev–Trinajstić information content (AvgIpc) is 2.05. The van der Waals surface area contributed by atoms with Gasteiger partial charge in [0.15, 0.2) is 0 Å². The van der Waals surface area contributed by atoms with Crippen molar-refractivity contribution in [3.05, 3.63) is 0 Å². The first-order chi connectivity index (χ1) is 4.86. The zero-order valence-corrected chi connectivity index (χ0v) is 6.13. The van der Waals surface area contributed by atoms with Gasteiger partial charge in [-0.1, -0.05) is 0 Å². The van der Waals surface area contributed by atoms with E-state index in [0.717, 1.165) is 19.4 Å². The highest BCUT2D eigenvalue weighted by Gasteiger charge is 2.19. The van der Waals surface area contributed by atoms with Gasteiger partial charge in [0.1, 0.15) is 0 Å². The molecule has 2 atom stereocenters. The van der Waals surface area contributed by atoms with Crippen molar-refractivity contribution in [1.29, 1.82) is 5.26 Å². The second kappa shape index (κ2) is 3.55. The summed E-state index contributed by atoms with van der Waals surface area (Å²) in [5.74, 6) is 0. The Hall–Kier alpha value is -0.590. The maximum absolute atomic E-state index is 8.54. The van der Waals surface area contributed by atoms with Gasteiger partial charge in [-0.15, -0.1) is 0 Å². The molecule has 0 amide bonds. The van der Waals surface area contributed by atoms with Gasteiger partial charge in [0, 0.05) is 13.5 Å². The van der Waals surface area contributed by atoms with Gasteiger partial charge in [0.25, 0.3) is 0 Å². The number of piperidine rings is 1. The minimum absolute atomic E-state index is 0.00120. The predicted molar refractivity (Wildman–Crippen MR) is 37.4 cm³/mol. The lowest BCUT2D eigenvalue weighted by molar-refractivity contribution is 0.0690. The van der Waals surface area contributed by atoms with Gasteiger partial charge in [-0.3, -0.25) is 0 Å². The lowest BCUT2D eigenvalue weighted by atomic mass is 10.0. The fourth-order valence-electron chi connectivity index (χ4n) is 1.20. The molecule has 0 saturated carbocycles. The average molecular weight is 140 g/mol. The third-order valence-electron chi connectivity index (χ3n) is 1.84. The third kappa shape index (κ3) is 1.69. The Labute approximate surface area is 61.0 Å². The van der Waals surface area contributed by atoms with E-state index in [0.29, 0.717) is 0 Å². The zero-order chi connectivity index (χ0) is 7.40. The Balaban J connectivity index is 2.33. The molecule has 1 aliphatic rings. The maximum Gasteiger partial charge on any atom is 0.0977 e. The van der Waals surface area contributed by atoms with Crippen molar-refractivity contribution in [2.24, 2.45) is 0 Å². The summed E-state index contributed by atoms with van der Waals surface area (Å²) >= 11 is 0. The van der Waals surface area contributed by atoms with Crippen LogP contribution in [0, 0.1) is 11.3 Å². The van der Waals surface area contributed by atoms with Crippen LogP contribution < -0.4 is 5.32 Å². The summed E-state index contributed by atoms with van der Waals surface area (Å²) in [5, 5.41) is 11.6. The predicted octanol–water partition coefficient (Wildman–Crippen LogP) is 0.277. The molecule has 0 aromatic heterocycles. The summed E-state index contributed by atoms with van der Waals surface area (Å²) in [6.07, 6.45) is 2.13. The number of hydrogen-bond donors (Lipinski definition) is 1. The van der Waals surface area contributed by atoms with E-state index in [1.807, 2.05) is 0 Å². The minimum atomic E-state index is -0.00120. The van der Waals surface area contributed by atoms with E-state index in [9.17, 15) is 0 Å². The van der Waals surface area contributed by atoms with Crippen molar-refractivity contribution in [1.82, 2.24) is 5.32 Å². The van der Waals surface area contributed by atoms with Crippen LogP contribution >= 0.6 is 0 Å². The van der Waals surface area contributed by atoms with Crippen LogP contribution in [0.4, 0.5) is 0 Å². The van der Waals surface area contributed by atoms with E-state index < -0.39 is 0 Å². The molecule has 10 heavy (non-hydrogen) atoms. The molecular weight excluding hydrogens is 128 g/mol. The van der Waals surface area contributed by atoms with Crippen molar-refractivity contribution in [3.63, 3.8) is 0 Å². The van der Waals surface area contributed by atoms with Crippen LogP contribution in [0.3, 0.4) is 0 Å². The minimum Gasteiger partial charge on any atom is -0.381 e. The van der Waals surface area contributed by atoms with Gasteiger partial charge < -0.3 is 10.1 Å². The van der Waals surface area contributed by atoms with Gasteiger partial charge in [0.2, 0.25) is 0 Å². The Morgan fingerprint density at radius 2 is 2.50 bits per heavy atom. The van der Waals surface area contributed by atoms with E-state index in [1.165, 1.54) is 0 Å². The second-order valence-corrected chi connectivity index (χ2v) is 2.52. The van der Waals surface area contributed by atoms with Crippen LogP contribution in [0.1, 0.15) is 12.8 Å². The van der Waals surface area contributed by atoms with Gasteiger partial charge in [-0.05, 0) is 13.0 Å². The topological polar surface area (TPSA) is 45.0 Å². The molecule has 1 heterocycles. The van der Waals surface area contributed by atoms with Gasteiger partial charge >= 0.3 is 0 Å². The molecule has 1 saturated heterocycles. The molecule has 3 heteroatoms. The van der Waals surface area contributed by atoms with Crippen molar-refractivity contribution in [3.8, 4) is 6.07 Å². The summed E-state index contributed by atoms with van der Waals surface area (Å²) in [5.41, 5.74) is 0. The van der Waals surface area contributed by atoms with E-state index in [4.69, 9.17) is 10.00 Å². The van der Waals surface area contributed by atoms with E-state index in [1.54, 1.807) is 7.11 Å². The SMILES string of the molecule is COC1CCNC(C#N)C1. The number of hydrogen-bond acceptors (Lipinski definition) is 3. The summed E-state index contributed by atoms with van der Waals surface area (Å²) in [4.78, 5) is 0. The van der Waals surface area contributed by atoms with Gasteiger partial charge in [-0.25, -0.2) is 0 Å². The maximum atomic E-state index is 8.54. The normalized spacial score (nSPS) is 33.2. The molecular formula is C7H12N2O. The first kappa shape index (κ1) is 7.52. The fourth-order valence-corrected chi connectivity index (χ4v) is 1.20. The zero-order valence-electron chi connectivity index (χ0n) is 6.13. The summed E-state index contributed by atoms with van der Waals surface area (Å²) in [6.45, 7) is 0.900. The summed E-state index contributed by atoms with van der Waals surface area (Å²) in [7, 11) is 1.70. The van der Waals surface area contributed by atoms with Crippen molar-refractivity contribution < 1.29 is 4.74 Å². The number of nitrogens with one attached hydrogen (secondary N) is 1. The molecule has 0 aromatic carbocycles.